The van der Waals surface area contributed by atoms with E-state index in [9.17, 15) is 8.42 Å². The van der Waals surface area contributed by atoms with Gasteiger partial charge < -0.3 is 11.0 Å². The molecule has 0 fully saturated rings. The Morgan fingerprint density at radius 3 is 1.92 bits per heavy atom. The lowest BCUT2D eigenvalue weighted by Gasteiger charge is -1.97. The molecule has 5 nitrogen and oxygen atoms in total. The fourth-order valence-electron chi connectivity index (χ4n) is 0.654. The molecular formula is C6H9IO5S. The van der Waals surface area contributed by atoms with Crippen molar-refractivity contribution in [3.8, 4) is 0 Å². The molecule has 0 aromatic heterocycles. The van der Waals surface area contributed by atoms with Gasteiger partial charge in [-0.2, -0.15) is 8.42 Å². The first kappa shape index (κ1) is 15.3. The standard InChI is InChI=1S/C6H5IO3S.2H2O/c7-5-3-1-2-4-6(5)11(8,9)10;;/h1-4H,(H,8,9,10);2*1H2. The second-order valence-electron chi connectivity index (χ2n) is 1.91. The lowest BCUT2D eigenvalue weighted by atomic mass is 10.4. The zero-order valence-electron chi connectivity index (χ0n) is 6.36. The van der Waals surface area contributed by atoms with Gasteiger partial charge in [-0.25, -0.2) is 0 Å². The quantitative estimate of drug-likeness (QED) is 0.574. The molecule has 13 heavy (non-hydrogen) atoms. The van der Waals surface area contributed by atoms with Crippen LogP contribution in [0.1, 0.15) is 0 Å². The lowest BCUT2D eigenvalue weighted by Crippen LogP contribution is -1.99. The van der Waals surface area contributed by atoms with Crippen molar-refractivity contribution in [1.29, 1.82) is 0 Å². The average molecular weight is 320 g/mol. The molecule has 0 aliphatic carbocycles. The summed E-state index contributed by atoms with van der Waals surface area (Å²) in [5.41, 5.74) is 0. The molecule has 0 aliphatic heterocycles. The molecular weight excluding hydrogens is 311 g/mol. The summed E-state index contributed by atoms with van der Waals surface area (Å²) in [5, 5.41) is 0. The van der Waals surface area contributed by atoms with Gasteiger partial charge in [0, 0.05) is 3.57 Å². The van der Waals surface area contributed by atoms with Crippen LogP contribution in [0.4, 0.5) is 0 Å². The molecule has 5 N–H and O–H groups in total. The minimum absolute atomic E-state index is 0. The number of rotatable bonds is 1. The van der Waals surface area contributed by atoms with Gasteiger partial charge >= 0.3 is 0 Å². The van der Waals surface area contributed by atoms with E-state index in [4.69, 9.17) is 4.55 Å². The Kier molecular flexibility index (Phi) is 6.45. The second kappa shape index (κ2) is 5.50. The molecule has 0 bridgehead atoms. The molecule has 0 saturated heterocycles. The maximum absolute atomic E-state index is 10.6. The third-order valence-corrected chi connectivity index (χ3v) is 3.33. The highest BCUT2D eigenvalue weighted by Crippen LogP contribution is 2.16. The normalized spacial score (nSPS) is 9.69. The predicted octanol–water partition coefficient (Wildman–Crippen LogP) is -0.112. The fourth-order valence-corrected chi connectivity index (χ4v) is 2.44. The fraction of sp³-hybridized carbons (Fsp3) is 0. The van der Waals surface area contributed by atoms with E-state index in [-0.39, 0.29) is 15.8 Å². The summed E-state index contributed by atoms with van der Waals surface area (Å²) in [7, 11) is -4.04. The highest BCUT2D eigenvalue weighted by Gasteiger charge is 2.11. The number of hydrogen-bond acceptors (Lipinski definition) is 2. The van der Waals surface area contributed by atoms with Crippen LogP contribution in [0.25, 0.3) is 0 Å². The molecule has 0 radical (unpaired) electrons. The zero-order chi connectivity index (χ0) is 8.48. The molecule has 0 spiro atoms. The van der Waals surface area contributed by atoms with Crippen molar-refractivity contribution in [2.24, 2.45) is 0 Å². The largest absolute Gasteiger partial charge is 0.412 e. The molecule has 0 heterocycles. The molecule has 76 valence electrons. The molecule has 0 saturated carbocycles. The van der Waals surface area contributed by atoms with E-state index in [0.29, 0.717) is 3.57 Å². The van der Waals surface area contributed by atoms with Crippen LogP contribution in [0.3, 0.4) is 0 Å². The van der Waals surface area contributed by atoms with Crippen molar-refractivity contribution < 1.29 is 23.9 Å². The van der Waals surface area contributed by atoms with Gasteiger partial charge in [0.25, 0.3) is 10.1 Å². The smallest absolute Gasteiger partial charge is 0.295 e. The van der Waals surface area contributed by atoms with Crippen molar-refractivity contribution in [1.82, 2.24) is 0 Å². The van der Waals surface area contributed by atoms with Crippen LogP contribution >= 0.6 is 22.6 Å². The average Bonchev–Trinajstić information content (AvgIpc) is 1.86. The lowest BCUT2D eigenvalue weighted by molar-refractivity contribution is 0.482. The summed E-state index contributed by atoms with van der Waals surface area (Å²) in [5.74, 6) is 0. The van der Waals surface area contributed by atoms with Crippen LogP contribution in [-0.2, 0) is 10.1 Å². The summed E-state index contributed by atoms with van der Waals surface area (Å²) >= 11 is 1.85. The van der Waals surface area contributed by atoms with E-state index in [0.717, 1.165) is 0 Å². The van der Waals surface area contributed by atoms with Crippen LogP contribution in [-0.4, -0.2) is 23.9 Å². The molecule has 1 aromatic carbocycles. The van der Waals surface area contributed by atoms with Crippen LogP contribution in [0.5, 0.6) is 0 Å². The van der Waals surface area contributed by atoms with Gasteiger partial charge in [0.15, 0.2) is 0 Å². The molecule has 1 aromatic rings. The summed E-state index contributed by atoms with van der Waals surface area (Å²) in [6, 6.07) is 6.24. The van der Waals surface area contributed by atoms with E-state index in [1.54, 1.807) is 18.2 Å². The Morgan fingerprint density at radius 1 is 1.15 bits per heavy atom. The Labute approximate surface area is 89.3 Å². The minimum atomic E-state index is -4.04. The molecule has 0 aliphatic rings. The number of hydrogen-bond donors (Lipinski definition) is 1. The molecule has 7 heteroatoms. The van der Waals surface area contributed by atoms with Crippen LogP contribution < -0.4 is 0 Å². The molecule has 1 rings (SSSR count). The highest BCUT2D eigenvalue weighted by molar-refractivity contribution is 14.1. The van der Waals surface area contributed by atoms with Gasteiger partial charge in [0.1, 0.15) is 4.90 Å². The van der Waals surface area contributed by atoms with E-state index in [1.165, 1.54) is 6.07 Å². The van der Waals surface area contributed by atoms with Gasteiger partial charge in [-0.15, -0.1) is 0 Å². The second-order valence-corrected chi connectivity index (χ2v) is 4.46. The van der Waals surface area contributed by atoms with Crippen LogP contribution in [0, 0.1) is 3.57 Å². The third-order valence-electron chi connectivity index (χ3n) is 1.11. The summed E-state index contributed by atoms with van der Waals surface area (Å²) in [4.78, 5) is -0.0411. The van der Waals surface area contributed by atoms with Crippen molar-refractivity contribution in [3.05, 3.63) is 27.8 Å². The zero-order valence-corrected chi connectivity index (χ0v) is 9.33. The topological polar surface area (TPSA) is 117 Å². The van der Waals surface area contributed by atoms with E-state index < -0.39 is 10.1 Å². The van der Waals surface area contributed by atoms with Crippen molar-refractivity contribution in [2.45, 2.75) is 4.90 Å². The van der Waals surface area contributed by atoms with E-state index in [2.05, 4.69) is 0 Å². The first-order valence-electron chi connectivity index (χ1n) is 2.74. The summed E-state index contributed by atoms with van der Waals surface area (Å²) in [6.45, 7) is 0. The van der Waals surface area contributed by atoms with E-state index >= 15 is 0 Å². The SMILES string of the molecule is O.O.O=S(=O)(O)c1ccccc1I. The number of benzene rings is 1. The predicted molar refractivity (Wildman–Crippen MR) is 56.2 cm³/mol. The molecule has 0 unspecified atom stereocenters. The Balaban J connectivity index is 0. The van der Waals surface area contributed by atoms with Crippen LogP contribution in [0.15, 0.2) is 29.2 Å². The minimum Gasteiger partial charge on any atom is -0.412 e. The summed E-state index contributed by atoms with van der Waals surface area (Å²) in [6.07, 6.45) is 0. The third kappa shape index (κ3) is 4.00. The van der Waals surface area contributed by atoms with Gasteiger partial charge in [0.05, 0.1) is 0 Å². The van der Waals surface area contributed by atoms with Crippen molar-refractivity contribution in [2.75, 3.05) is 0 Å². The van der Waals surface area contributed by atoms with Gasteiger partial charge in [0.2, 0.25) is 0 Å². The van der Waals surface area contributed by atoms with Crippen LogP contribution in [0.2, 0.25) is 0 Å². The number of halogens is 1. The van der Waals surface area contributed by atoms with Crippen molar-refractivity contribution in [3.63, 3.8) is 0 Å². The maximum Gasteiger partial charge on any atom is 0.295 e. The van der Waals surface area contributed by atoms with Crippen molar-refractivity contribution >= 4 is 32.7 Å². The Morgan fingerprint density at radius 2 is 1.62 bits per heavy atom. The highest BCUT2D eigenvalue weighted by atomic mass is 127. The first-order valence-corrected chi connectivity index (χ1v) is 5.26. The maximum atomic E-state index is 10.6. The first-order chi connectivity index (χ1) is 5.02. The van der Waals surface area contributed by atoms with Gasteiger partial charge in [-0.05, 0) is 34.7 Å². The van der Waals surface area contributed by atoms with Gasteiger partial charge in [-0.1, -0.05) is 12.1 Å². The van der Waals surface area contributed by atoms with Gasteiger partial charge in [-0.3, -0.25) is 4.55 Å². The monoisotopic (exact) mass is 320 g/mol. The Hall–Kier alpha value is -0.220. The van der Waals surface area contributed by atoms with E-state index in [1.807, 2.05) is 22.6 Å². The summed E-state index contributed by atoms with van der Waals surface area (Å²) < 4.78 is 30.4. The molecule has 0 atom stereocenters. The molecule has 0 amide bonds. The Bertz CT molecular complexity index is 361.